The van der Waals surface area contributed by atoms with Crippen LogP contribution >= 0.6 is 0 Å². The van der Waals surface area contributed by atoms with Gasteiger partial charge in [-0.3, -0.25) is 15.6 Å². The third kappa shape index (κ3) is 5.50. The second kappa shape index (κ2) is 10.7. The summed E-state index contributed by atoms with van der Waals surface area (Å²) in [5, 5.41) is 3.26. The zero-order chi connectivity index (χ0) is 24.7. The first-order valence-corrected chi connectivity index (χ1v) is 11.2. The highest BCUT2D eigenvalue weighted by Gasteiger charge is 2.18. The molecule has 0 bridgehead atoms. The van der Waals surface area contributed by atoms with E-state index in [2.05, 4.69) is 41.1 Å². The number of hydrazine groups is 1. The molecule has 4 aromatic rings. The Morgan fingerprint density at radius 1 is 0.944 bits per heavy atom. The molecule has 182 valence electrons. The summed E-state index contributed by atoms with van der Waals surface area (Å²) in [6.45, 7) is 2.03. The molecule has 0 atom stereocenters. The van der Waals surface area contributed by atoms with Gasteiger partial charge in [0.25, 0.3) is 5.91 Å². The summed E-state index contributed by atoms with van der Waals surface area (Å²) in [5.74, 6) is -0.815. The highest BCUT2D eigenvalue weighted by atomic mass is 19.1. The molecule has 0 spiro atoms. The number of rotatable bonds is 7. The number of morpholine rings is 1. The van der Waals surface area contributed by atoms with Gasteiger partial charge < -0.3 is 15.0 Å². The van der Waals surface area contributed by atoms with Crippen molar-refractivity contribution in [2.75, 3.05) is 41.9 Å². The van der Waals surface area contributed by atoms with Crippen LogP contribution in [0, 0.1) is 5.82 Å². The molecular formula is C24H22FN9O2. The maximum Gasteiger partial charge on any atom is 0.288 e. The SMILES string of the molecule is O=C(NNc1ncc(F)c(N2CCOCC2)n1)c1ccc(Nc2cccc(-c3cncnc3)c2)cn1. The molecule has 12 heteroatoms. The molecule has 1 saturated heterocycles. The van der Waals surface area contributed by atoms with E-state index in [0.717, 1.165) is 23.0 Å². The van der Waals surface area contributed by atoms with Crippen molar-refractivity contribution in [3.8, 4) is 11.1 Å². The number of carbonyl (C=O) groups is 1. The molecule has 11 nitrogen and oxygen atoms in total. The molecule has 5 rings (SSSR count). The third-order valence-corrected chi connectivity index (χ3v) is 5.37. The summed E-state index contributed by atoms with van der Waals surface area (Å²) in [6.07, 6.45) is 7.59. The topological polar surface area (TPSA) is 130 Å². The Hall–Kier alpha value is -4.71. The Balaban J connectivity index is 1.20. The summed E-state index contributed by atoms with van der Waals surface area (Å²) >= 11 is 0. The quantitative estimate of drug-likeness (QED) is 0.335. The highest BCUT2D eigenvalue weighted by Crippen LogP contribution is 2.23. The molecule has 1 aliphatic rings. The number of hydrogen-bond acceptors (Lipinski definition) is 10. The van der Waals surface area contributed by atoms with Crippen LogP contribution in [0.1, 0.15) is 10.5 Å². The van der Waals surface area contributed by atoms with E-state index in [0.29, 0.717) is 32.0 Å². The zero-order valence-electron chi connectivity index (χ0n) is 19.1. The predicted octanol–water partition coefficient (Wildman–Crippen LogP) is 2.80. The largest absolute Gasteiger partial charge is 0.378 e. The Morgan fingerprint density at radius 3 is 2.56 bits per heavy atom. The number of halogens is 1. The van der Waals surface area contributed by atoms with Crippen LogP contribution in [-0.4, -0.2) is 57.1 Å². The van der Waals surface area contributed by atoms with E-state index in [-0.39, 0.29) is 17.5 Å². The van der Waals surface area contributed by atoms with Gasteiger partial charge in [-0.25, -0.2) is 24.3 Å². The molecule has 1 amide bonds. The van der Waals surface area contributed by atoms with E-state index < -0.39 is 11.7 Å². The van der Waals surface area contributed by atoms with E-state index >= 15 is 0 Å². The molecular weight excluding hydrogens is 465 g/mol. The van der Waals surface area contributed by atoms with Crippen LogP contribution in [0.3, 0.4) is 0 Å². The molecule has 4 heterocycles. The smallest absolute Gasteiger partial charge is 0.288 e. The lowest BCUT2D eigenvalue weighted by molar-refractivity contribution is 0.0957. The number of aromatic nitrogens is 5. The number of ether oxygens (including phenoxy) is 1. The Kier molecular flexibility index (Phi) is 6.85. The van der Waals surface area contributed by atoms with Gasteiger partial charge in [-0.15, -0.1) is 0 Å². The zero-order valence-corrected chi connectivity index (χ0v) is 19.1. The minimum absolute atomic E-state index is 0.0632. The minimum atomic E-state index is -0.541. The number of nitrogens with zero attached hydrogens (tertiary/aromatic N) is 6. The number of benzene rings is 1. The number of amides is 1. The summed E-state index contributed by atoms with van der Waals surface area (Å²) in [5.41, 5.74) is 8.71. The van der Waals surface area contributed by atoms with Crippen LogP contribution in [0.2, 0.25) is 0 Å². The molecule has 1 aromatic carbocycles. The van der Waals surface area contributed by atoms with E-state index in [1.165, 1.54) is 6.33 Å². The Labute approximate surface area is 205 Å². The van der Waals surface area contributed by atoms with Crippen LogP contribution in [0.4, 0.5) is 27.5 Å². The average Bonchev–Trinajstić information content (AvgIpc) is 2.94. The van der Waals surface area contributed by atoms with E-state index in [4.69, 9.17) is 4.74 Å². The Morgan fingerprint density at radius 2 is 1.78 bits per heavy atom. The van der Waals surface area contributed by atoms with Gasteiger partial charge in [0.1, 0.15) is 12.0 Å². The minimum Gasteiger partial charge on any atom is -0.378 e. The first kappa shape index (κ1) is 23.1. The van der Waals surface area contributed by atoms with Crippen molar-refractivity contribution >= 4 is 29.0 Å². The number of hydrogen-bond donors (Lipinski definition) is 3. The molecule has 36 heavy (non-hydrogen) atoms. The van der Waals surface area contributed by atoms with Crippen molar-refractivity contribution in [1.29, 1.82) is 0 Å². The van der Waals surface area contributed by atoms with Gasteiger partial charge in [0.05, 0.1) is 31.3 Å². The number of nitrogens with one attached hydrogen (secondary N) is 3. The first-order valence-electron chi connectivity index (χ1n) is 11.2. The molecule has 1 fully saturated rings. The predicted molar refractivity (Wildman–Crippen MR) is 131 cm³/mol. The fourth-order valence-electron chi connectivity index (χ4n) is 3.59. The number of pyridine rings is 1. The van der Waals surface area contributed by atoms with Crippen LogP contribution in [0.25, 0.3) is 11.1 Å². The van der Waals surface area contributed by atoms with E-state index in [1.807, 2.05) is 24.3 Å². The third-order valence-electron chi connectivity index (χ3n) is 5.37. The molecule has 3 N–H and O–H groups in total. The lowest BCUT2D eigenvalue weighted by atomic mass is 10.1. The number of anilines is 4. The van der Waals surface area contributed by atoms with Gasteiger partial charge in [-0.1, -0.05) is 12.1 Å². The van der Waals surface area contributed by atoms with Crippen molar-refractivity contribution in [3.05, 3.63) is 79.0 Å². The van der Waals surface area contributed by atoms with Crippen LogP contribution in [0.5, 0.6) is 0 Å². The van der Waals surface area contributed by atoms with Crippen LogP contribution in [-0.2, 0) is 4.74 Å². The van der Waals surface area contributed by atoms with Crippen LogP contribution in [0.15, 0.2) is 67.5 Å². The van der Waals surface area contributed by atoms with Crippen molar-refractivity contribution in [2.45, 2.75) is 0 Å². The maximum absolute atomic E-state index is 14.2. The molecule has 0 aliphatic carbocycles. The summed E-state index contributed by atoms with van der Waals surface area (Å²) in [4.78, 5) is 34.7. The summed E-state index contributed by atoms with van der Waals surface area (Å²) in [6, 6.07) is 11.1. The van der Waals surface area contributed by atoms with E-state index in [1.54, 1.807) is 35.6 Å². The standard InChI is InChI=1S/C24H22FN9O2/c25-20-14-29-24(31-22(20)34-6-8-36-9-7-34)33-32-23(35)21-5-4-19(13-28-21)30-18-3-1-2-16(10-18)17-11-26-15-27-12-17/h1-5,10-15,30H,6-9H2,(H,32,35)(H,29,31,33). The normalized spacial score (nSPS) is 13.2. The van der Waals surface area contributed by atoms with Gasteiger partial charge >= 0.3 is 0 Å². The Bertz CT molecular complexity index is 1330. The fourth-order valence-corrected chi connectivity index (χ4v) is 3.59. The summed E-state index contributed by atoms with van der Waals surface area (Å²) in [7, 11) is 0. The van der Waals surface area contributed by atoms with Gasteiger partial charge in [0, 0.05) is 36.7 Å². The monoisotopic (exact) mass is 487 g/mol. The van der Waals surface area contributed by atoms with Crippen molar-refractivity contribution in [1.82, 2.24) is 30.3 Å². The molecule has 1 aliphatic heterocycles. The maximum atomic E-state index is 14.2. The number of carbonyl (C=O) groups excluding carboxylic acids is 1. The molecule has 0 saturated carbocycles. The van der Waals surface area contributed by atoms with Crippen molar-refractivity contribution in [2.24, 2.45) is 0 Å². The van der Waals surface area contributed by atoms with Crippen LogP contribution < -0.4 is 21.1 Å². The lowest BCUT2D eigenvalue weighted by Crippen LogP contribution is -2.38. The van der Waals surface area contributed by atoms with Crippen molar-refractivity contribution in [3.63, 3.8) is 0 Å². The van der Waals surface area contributed by atoms with Crippen molar-refractivity contribution < 1.29 is 13.9 Å². The van der Waals surface area contributed by atoms with Gasteiger partial charge in [0.2, 0.25) is 5.95 Å². The molecule has 0 unspecified atom stereocenters. The first-order chi connectivity index (χ1) is 17.7. The molecule has 0 radical (unpaired) electrons. The van der Waals surface area contributed by atoms with E-state index in [9.17, 15) is 9.18 Å². The average molecular weight is 487 g/mol. The molecule has 3 aromatic heterocycles. The lowest BCUT2D eigenvalue weighted by Gasteiger charge is -2.28. The van der Waals surface area contributed by atoms with Gasteiger partial charge in [-0.05, 0) is 29.8 Å². The summed E-state index contributed by atoms with van der Waals surface area (Å²) < 4.78 is 19.5. The second-order valence-electron chi connectivity index (χ2n) is 7.81. The highest BCUT2D eigenvalue weighted by molar-refractivity contribution is 5.93. The van der Waals surface area contributed by atoms with Gasteiger partial charge in [-0.2, -0.15) is 4.98 Å². The van der Waals surface area contributed by atoms with Gasteiger partial charge in [0.15, 0.2) is 11.6 Å². The fraction of sp³-hybridized carbons (Fsp3) is 0.167. The second-order valence-corrected chi connectivity index (χ2v) is 7.81.